The second kappa shape index (κ2) is 6.64. The van der Waals surface area contributed by atoms with Crippen molar-refractivity contribution in [1.82, 2.24) is 9.72 Å². The fraction of sp³-hybridized carbons (Fsp3) is 0.143. The second-order valence-corrected chi connectivity index (χ2v) is 6.55. The lowest BCUT2D eigenvalue weighted by molar-refractivity contribution is -0.136. The molecule has 0 saturated heterocycles. The predicted molar refractivity (Wildman–Crippen MR) is 104 cm³/mol. The Morgan fingerprint density at radius 3 is 2.67 bits per heavy atom. The average molecular weight is 361 g/mol. The highest BCUT2D eigenvalue weighted by Crippen LogP contribution is 2.30. The van der Waals surface area contributed by atoms with E-state index < -0.39 is 5.97 Å². The highest BCUT2D eigenvalue weighted by atomic mass is 16.5. The molecular weight excluding hydrogens is 342 g/mol. The molecule has 0 unspecified atom stereocenters. The van der Waals surface area contributed by atoms with E-state index in [1.165, 1.54) is 5.56 Å². The monoisotopic (exact) mass is 361 g/mol. The number of anilines is 1. The Hall–Kier alpha value is -3.54. The van der Waals surface area contributed by atoms with E-state index in [4.69, 9.17) is 15.4 Å². The van der Waals surface area contributed by atoms with Crippen LogP contribution in [0.2, 0.25) is 0 Å². The van der Waals surface area contributed by atoms with Crippen molar-refractivity contribution in [3.05, 3.63) is 65.9 Å². The van der Waals surface area contributed by atoms with Crippen LogP contribution in [0.1, 0.15) is 17.7 Å². The van der Waals surface area contributed by atoms with Crippen LogP contribution in [0.3, 0.4) is 0 Å². The SMILES string of the molecule is Cc1ccc(-c2ccc(CCC(=O)O)n2-c2ccc3c(N)noc3c2)cc1. The van der Waals surface area contributed by atoms with Gasteiger partial charge in [0.2, 0.25) is 0 Å². The molecule has 0 saturated carbocycles. The van der Waals surface area contributed by atoms with Gasteiger partial charge in [-0.05, 0) is 43.2 Å². The highest BCUT2D eigenvalue weighted by molar-refractivity contribution is 5.88. The third-order valence-corrected chi connectivity index (χ3v) is 4.65. The molecule has 0 aliphatic heterocycles. The van der Waals surface area contributed by atoms with Gasteiger partial charge in [-0.2, -0.15) is 0 Å². The summed E-state index contributed by atoms with van der Waals surface area (Å²) in [7, 11) is 0. The summed E-state index contributed by atoms with van der Waals surface area (Å²) < 4.78 is 7.37. The van der Waals surface area contributed by atoms with Crippen molar-refractivity contribution in [1.29, 1.82) is 0 Å². The molecule has 0 spiro atoms. The Labute approximate surface area is 155 Å². The number of hydrogen-bond acceptors (Lipinski definition) is 4. The molecule has 0 bridgehead atoms. The number of aromatic nitrogens is 2. The van der Waals surface area contributed by atoms with E-state index in [9.17, 15) is 4.79 Å². The quantitative estimate of drug-likeness (QED) is 0.556. The van der Waals surface area contributed by atoms with E-state index in [-0.39, 0.29) is 6.42 Å². The third kappa shape index (κ3) is 3.17. The van der Waals surface area contributed by atoms with Gasteiger partial charge in [0, 0.05) is 17.4 Å². The lowest BCUT2D eigenvalue weighted by Gasteiger charge is -2.14. The van der Waals surface area contributed by atoms with Crippen LogP contribution in [-0.4, -0.2) is 20.8 Å². The van der Waals surface area contributed by atoms with Crippen LogP contribution >= 0.6 is 0 Å². The summed E-state index contributed by atoms with van der Waals surface area (Å²) in [5, 5.41) is 13.7. The molecule has 2 heterocycles. The van der Waals surface area contributed by atoms with E-state index in [0.717, 1.165) is 28.0 Å². The van der Waals surface area contributed by atoms with Crippen molar-refractivity contribution >= 4 is 22.8 Å². The molecule has 0 aliphatic carbocycles. The van der Waals surface area contributed by atoms with Crippen molar-refractivity contribution in [2.45, 2.75) is 19.8 Å². The van der Waals surface area contributed by atoms with Gasteiger partial charge in [0.25, 0.3) is 0 Å². The maximum Gasteiger partial charge on any atom is 0.303 e. The first kappa shape index (κ1) is 16.9. The van der Waals surface area contributed by atoms with E-state index in [0.29, 0.717) is 17.8 Å². The van der Waals surface area contributed by atoms with Gasteiger partial charge in [0.1, 0.15) is 0 Å². The van der Waals surface area contributed by atoms with Gasteiger partial charge in [-0.1, -0.05) is 35.0 Å². The lowest BCUT2D eigenvalue weighted by atomic mass is 10.1. The van der Waals surface area contributed by atoms with Crippen molar-refractivity contribution in [2.24, 2.45) is 0 Å². The van der Waals surface area contributed by atoms with Gasteiger partial charge in [-0.25, -0.2) is 0 Å². The first-order valence-electron chi connectivity index (χ1n) is 8.67. The minimum absolute atomic E-state index is 0.0643. The summed E-state index contributed by atoms with van der Waals surface area (Å²) in [5.74, 6) is -0.466. The van der Waals surface area contributed by atoms with Gasteiger partial charge < -0.3 is 19.9 Å². The molecule has 4 rings (SSSR count). The lowest BCUT2D eigenvalue weighted by Crippen LogP contribution is -2.05. The van der Waals surface area contributed by atoms with Crippen LogP contribution in [0.25, 0.3) is 27.9 Å². The van der Waals surface area contributed by atoms with Gasteiger partial charge in [-0.3, -0.25) is 4.79 Å². The minimum Gasteiger partial charge on any atom is -0.481 e. The maximum absolute atomic E-state index is 11.1. The summed E-state index contributed by atoms with van der Waals surface area (Å²) in [4.78, 5) is 11.1. The number of nitrogens with two attached hydrogens (primary N) is 1. The molecule has 2 aromatic carbocycles. The molecule has 6 nitrogen and oxygen atoms in total. The zero-order valence-electron chi connectivity index (χ0n) is 14.8. The zero-order chi connectivity index (χ0) is 19.0. The topological polar surface area (TPSA) is 94.3 Å². The smallest absolute Gasteiger partial charge is 0.303 e. The minimum atomic E-state index is -0.821. The molecule has 0 fully saturated rings. The van der Waals surface area contributed by atoms with Gasteiger partial charge in [-0.15, -0.1) is 0 Å². The van der Waals surface area contributed by atoms with Crippen LogP contribution in [0.15, 0.2) is 59.1 Å². The Morgan fingerprint density at radius 1 is 1.15 bits per heavy atom. The number of nitrogen functional groups attached to an aromatic ring is 1. The van der Waals surface area contributed by atoms with Gasteiger partial charge in [0.15, 0.2) is 11.4 Å². The van der Waals surface area contributed by atoms with Crippen LogP contribution in [0, 0.1) is 6.92 Å². The molecule has 6 heteroatoms. The molecule has 4 aromatic rings. The van der Waals surface area contributed by atoms with Crippen molar-refractivity contribution in [2.75, 3.05) is 5.73 Å². The Kier molecular flexibility index (Phi) is 4.16. The normalized spacial score (nSPS) is 11.1. The van der Waals surface area contributed by atoms with Crippen molar-refractivity contribution in [3.8, 4) is 16.9 Å². The molecule has 2 aromatic heterocycles. The molecule has 0 amide bonds. The number of carboxylic acids is 1. The Morgan fingerprint density at radius 2 is 1.93 bits per heavy atom. The molecule has 136 valence electrons. The molecule has 0 atom stereocenters. The third-order valence-electron chi connectivity index (χ3n) is 4.65. The second-order valence-electron chi connectivity index (χ2n) is 6.55. The Bertz CT molecular complexity index is 1120. The molecule has 3 N–H and O–H groups in total. The number of rotatable bonds is 5. The first-order chi connectivity index (χ1) is 13.0. The van der Waals surface area contributed by atoms with Crippen LogP contribution in [0.4, 0.5) is 5.82 Å². The average Bonchev–Trinajstić information content (AvgIpc) is 3.24. The van der Waals surface area contributed by atoms with E-state index in [1.807, 2.05) is 37.3 Å². The largest absolute Gasteiger partial charge is 0.481 e. The number of nitrogens with zero attached hydrogens (tertiary/aromatic N) is 2. The maximum atomic E-state index is 11.1. The Balaban J connectivity index is 1.87. The van der Waals surface area contributed by atoms with Gasteiger partial charge in [0.05, 0.1) is 17.5 Å². The van der Waals surface area contributed by atoms with E-state index >= 15 is 0 Å². The number of aryl methyl sites for hydroxylation is 2. The fourth-order valence-corrected chi connectivity index (χ4v) is 3.25. The number of hydrogen-bond donors (Lipinski definition) is 2. The number of benzene rings is 2. The van der Waals surface area contributed by atoms with Crippen LogP contribution in [-0.2, 0) is 11.2 Å². The van der Waals surface area contributed by atoms with Crippen LogP contribution in [0.5, 0.6) is 0 Å². The summed E-state index contributed by atoms with van der Waals surface area (Å²) in [6.07, 6.45) is 0.493. The number of aliphatic carboxylic acids is 1. The molecular formula is C21H19N3O3. The summed E-state index contributed by atoms with van der Waals surface area (Å²) in [6, 6.07) is 17.9. The molecule has 0 aliphatic rings. The zero-order valence-corrected chi connectivity index (χ0v) is 14.8. The van der Waals surface area contributed by atoms with Crippen molar-refractivity contribution < 1.29 is 14.4 Å². The predicted octanol–water partition coefficient (Wildman–Crippen LogP) is 4.19. The van der Waals surface area contributed by atoms with Crippen LogP contribution < -0.4 is 5.73 Å². The van der Waals surface area contributed by atoms with Gasteiger partial charge >= 0.3 is 5.97 Å². The summed E-state index contributed by atoms with van der Waals surface area (Å²) >= 11 is 0. The summed E-state index contributed by atoms with van der Waals surface area (Å²) in [6.45, 7) is 2.04. The number of fused-ring (bicyclic) bond motifs is 1. The standard InChI is InChI=1S/C21H19N3O3/c1-13-2-4-14(5-3-13)18-10-7-15(8-11-20(25)26)24(18)16-6-9-17-19(12-16)27-23-21(17)22/h2-7,9-10,12H,8,11H2,1H3,(H2,22,23)(H,25,26). The van der Waals surface area contributed by atoms with Crippen molar-refractivity contribution in [3.63, 3.8) is 0 Å². The molecule has 0 radical (unpaired) electrons. The number of carboxylic acid groups (broad SMARTS) is 1. The summed E-state index contributed by atoms with van der Waals surface area (Å²) in [5.41, 5.74) is 11.4. The number of carbonyl (C=O) groups is 1. The van der Waals surface area contributed by atoms with E-state index in [2.05, 4.69) is 34.0 Å². The highest BCUT2D eigenvalue weighted by Gasteiger charge is 2.15. The first-order valence-corrected chi connectivity index (χ1v) is 8.67. The molecule has 27 heavy (non-hydrogen) atoms. The van der Waals surface area contributed by atoms with E-state index in [1.54, 1.807) is 0 Å². The fourth-order valence-electron chi connectivity index (χ4n) is 3.25.